The minimum Gasteiger partial charge on any atom is -0.408 e. The van der Waals surface area contributed by atoms with E-state index in [4.69, 9.17) is 4.42 Å². The Morgan fingerprint density at radius 2 is 2.00 bits per heavy atom. The predicted molar refractivity (Wildman–Crippen MR) is 59.4 cm³/mol. The third-order valence-electron chi connectivity index (χ3n) is 2.57. The number of benzene rings is 1. The maximum absolute atomic E-state index is 12.4. The van der Waals surface area contributed by atoms with Crippen LogP contribution < -0.4 is 5.76 Å². The van der Waals surface area contributed by atoms with Gasteiger partial charge in [0.2, 0.25) is 5.82 Å². The number of oxazole rings is 1. The number of alkyl halides is 3. The maximum atomic E-state index is 12.4. The van der Waals surface area contributed by atoms with Gasteiger partial charge in [-0.05, 0) is 18.2 Å². The Morgan fingerprint density at radius 1 is 1.21 bits per heavy atom. The average molecular weight is 269 g/mol. The number of rotatable bonds is 1. The number of hydrogen-bond donors (Lipinski definition) is 2. The van der Waals surface area contributed by atoms with Gasteiger partial charge in [0.15, 0.2) is 5.58 Å². The molecule has 0 amide bonds. The number of nitrogens with zero attached hydrogens (tertiary/aromatic N) is 1. The fourth-order valence-corrected chi connectivity index (χ4v) is 1.73. The van der Waals surface area contributed by atoms with Gasteiger partial charge in [0.05, 0.1) is 17.4 Å². The van der Waals surface area contributed by atoms with Crippen molar-refractivity contribution in [1.29, 1.82) is 0 Å². The van der Waals surface area contributed by atoms with Crippen LogP contribution in [0.25, 0.3) is 22.4 Å². The van der Waals surface area contributed by atoms with Crippen molar-refractivity contribution >= 4 is 11.1 Å². The average Bonchev–Trinajstić information content (AvgIpc) is 2.90. The number of H-pyrrole nitrogens is 2. The number of nitrogens with one attached hydrogen (secondary N) is 2. The van der Waals surface area contributed by atoms with Gasteiger partial charge in [-0.1, -0.05) is 0 Å². The van der Waals surface area contributed by atoms with Gasteiger partial charge in [-0.2, -0.15) is 13.2 Å². The van der Waals surface area contributed by atoms with Crippen LogP contribution in [-0.4, -0.2) is 15.0 Å². The first-order chi connectivity index (χ1) is 8.93. The summed E-state index contributed by atoms with van der Waals surface area (Å²) in [5, 5.41) is 0. The molecule has 0 aliphatic carbocycles. The molecular formula is C11H6F3N3O2. The van der Waals surface area contributed by atoms with Crippen LogP contribution in [0.5, 0.6) is 0 Å². The highest BCUT2D eigenvalue weighted by atomic mass is 19.4. The van der Waals surface area contributed by atoms with E-state index in [1.54, 1.807) is 0 Å². The molecule has 1 aromatic carbocycles. The smallest absolute Gasteiger partial charge is 0.408 e. The van der Waals surface area contributed by atoms with E-state index in [0.29, 0.717) is 16.7 Å². The lowest BCUT2D eigenvalue weighted by molar-refractivity contribution is -0.144. The second kappa shape index (κ2) is 3.74. The van der Waals surface area contributed by atoms with E-state index in [1.165, 1.54) is 18.2 Å². The number of hydrogen-bond acceptors (Lipinski definition) is 3. The molecule has 0 bridgehead atoms. The number of halogens is 3. The normalized spacial score (nSPS) is 12.2. The summed E-state index contributed by atoms with van der Waals surface area (Å²) in [4.78, 5) is 18.9. The predicted octanol–water partition coefficient (Wildman–Crippen LogP) is 2.53. The lowest BCUT2D eigenvalue weighted by Gasteiger charge is -2.01. The van der Waals surface area contributed by atoms with E-state index in [9.17, 15) is 18.0 Å². The van der Waals surface area contributed by atoms with E-state index in [-0.39, 0.29) is 5.69 Å². The van der Waals surface area contributed by atoms with Gasteiger partial charge in [0.1, 0.15) is 0 Å². The molecule has 5 nitrogen and oxygen atoms in total. The van der Waals surface area contributed by atoms with Gasteiger partial charge in [0, 0.05) is 5.56 Å². The number of fused-ring (bicyclic) bond motifs is 1. The molecule has 0 unspecified atom stereocenters. The quantitative estimate of drug-likeness (QED) is 0.712. The first-order valence-corrected chi connectivity index (χ1v) is 5.19. The Balaban J connectivity index is 2.08. The zero-order valence-corrected chi connectivity index (χ0v) is 9.21. The summed E-state index contributed by atoms with van der Waals surface area (Å²) in [5.74, 6) is -1.68. The minimum atomic E-state index is -4.52. The summed E-state index contributed by atoms with van der Waals surface area (Å²) in [6, 6.07) is 4.54. The van der Waals surface area contributed by atoms with Crippen molar-refractivity contribution in [2.75, 3.05) is 0 Å². The van der Waals surface area contributed by atoms with Crippen LogP contribution in [-0.2, 0) is 6.18 Å². The molecule has 3 rings (SSSR count). The Kier molecular flexibility index (Phi) is 2.28. The first-order valence-electron chi connectivity index (χ1n) is 5.19. The Bertz CT molecular complexity index is 797. The van der Waals surface area contributed by atoms with Crippen molar-refractivity contribution in [2.45, 2.75) is 6.18 Å². The monoisotopic (exact) mass is 269 g/mol. The lowest BCUT2D eigenvalue weighted by Crippen LogP contribution is -2.07. The lowest BCUT2D eigenvalue weighted by atomic mass is 10.1. The topological polar surface area (TPSA) is 74.7 Å². The molecule has 0 atom stereocenters. The second-order valence-electron chi connectivity index (χ2n) is 3.87. The Labute approximate surface area is 103 Å². The standard InChI is InChI=1S/C11H6F3N3O2/c12-11(13,14)9-15-4-7(16-9)5-1-2-8-6(3-5)17-10(18)19-8/h1-4H,(H,15,16)(H,17,18). The maximum Gasteiger partial charge on any atom is 0.449 e. The summed E-state index contributed by atoms with van der Waals surface area (Å²) >= 11 is 0. The molecule has 0 saturated heterocycles. The van der Waals surface area contributed by atoms with Crippen LogP contribution in [0.15, 0.2) is 33.6 Å². The summed E-state index contributed by atoms with van der Waals surface area (Å²) in [6.45, 7) is 0. The third-order valence-corrected chi connectivity index (χ3v) is 2.57. The van der Waals surface area contributed by atoms with Crippen LogP contribution in [0, 0.1) is 0 Å². The molecule has 0 fully saturated rings. The van der Waals surface area contributed by atoms with E-state index in [2.05, 4.69) is 15.0 Å². The number of aromatic nitrogens is 3. The molecule has 0 aliphatic heterocycles. The van der Waals surface area contributed by atoms with Crippen molar-refractivity contribution in [1.82, 2.24) is 15.0 Å². The molecule has 2 heterocycles. The summed E-state index contributed by atoms with van der Waals surface area (Å²) < 4.78 is 42.1. The largest absolute Gasteiger partial charge is 0.449 e. The Hall–Kier alpha value is -2.51. The third kappa shape index (κ3) is 2.01. The van der Waals surface area contributed by atoms with E-state index >= 15 is 0 Å². The van der Waals surface area contributed by atoms with Crippen molar-refractivity contribution in [3.8, 4) is 11.3 Å². The molecule has 3 aromatic rings. The molecule has 0 spiro atoms. The molecular weight excluding hydrogens is 263 g/mol. The summed E-state index contributed by atoms with van der Waals surface area (Å²) in [7, 11) is 0. The van der Waals surface area contributed by atoms with Gasteiger partial charge >= 0.3 is 11.9 Å². The van der Waals surface area contributed by atoms with Crippen molar-refractivity contribution < 1.29 is 17.6 Å². The van der Waals surface area contributed by atoms with Gasteiger partial charge in [-0.3, -0.25) is 4.98 Å². The van der Waals surface area contributed by atoms with Gasteiger partial charge in [0.25, 0.3) is 0 Å². The molecule has 2 aromatic heterocycles. The zero-order valence-electron chi connectivity index (χ0n) is 9.21. The fraction of sp³-hybridized carbons (Fsp3) is 0.0909. The van der Waals surface area contributed by atoms with Crippen LogP contribution in [0.2, 0.25) is 0 Å². The summed E-state index contributed by atoms with van der Waals surface area (Å²) in [5.41, 5.74) is 1.42. The molecule has 8 heteroatoms. The molecule has 0 saturated carbocycles. The Morgan fingerprint density at radius 3 is 2.68 bits per heavy atom. The highest BCUT2D eigenvalue weighted by Gasteiger charge is 2.34. The van der Waals surface area contributed by atoms with Gasteiger partial charge in [-0.25, -0.2) is 9.78 Å². The van der Waals surface area contributed by atoms with Gasteiger partial charge in [-0.15, -0.1) is 0 Å². The zero-order chi connectivity index (χ0) is 13.6. The minimum absolute atomic E-state index is 0.205. The highest BCUT2D eigenvalue weighted by Crippen LogP contribution is 2.29. The van der Waals surface area contributed by atoms with E-state index in [0.717, 1.165) is 6.20 Å². The molecule has 19 heavy (non-hydrogen) atoms. The van der Waals surface area contributed by atoms with Crippen LogP contribution in [0.4, 0.5) is 13.2 Å². The van der Waals surface area contributed by atoms with E-state index < -0.39 is 17.8 Å². The highest BCUT2D eigenvalue weighted by molar-refractivity contribution is 5.78. The summed E-state index contributed by atoms with van der Waals surface area (Å²) in [6.07, 6.45) is -3.44. The number of aromatic amines is 2. The van der Waals surface area contributed by atoms with Crippen LogP contribution in [0.3, 0.4) is 0 Å². The van der Waals surface area contributed by atoms with Crippen molar-refractivity contribution in [3.05, 3.63) is 40.8 Å². The molecule has 98 valence electrons. The molecule has 0 radical (unpaired) electrons. The SMILES string of the molecule is O=c1[nH]c2cc(-c3cnc(C(F)(F)F)[nH]3)ccc2o1. The van der Waals surface area contributed by atoms with Crippen molar-refractivity contribution in [3.63, 3.8) is 0 Å². The van der Waals surface area contributed by atoms with Crippen molar-refractivity contribution in [2.24, 2.45) is 0 Å². The number of imidazole rings is 1. The van der Waals surface area contributed by atoms with Crippen LogP contribution in [0.1, 0.15) is 5.82 Å². The molecule has 0 aliphatic rings. The van der Waals surface area contributed by atoms with Crippen LogP contribution >= 0.6 is 0 Å². The first kappa shape index (κ1) is 11.6. The van der Waals surface area contributed by atoms with Gasteiger partial charge < -0.3 is 9.40 Å². The fourth-order valence-electron chi connectivity index (χ4n) is 1.73. The second-order valence-corrected chi connectivity index (χ2v) is 3.87. The van der Waals surface area contributed by atoms with E-state index in [1.807, 2.05) is 0 Å². The molecule has 2 N–H and O–H groups in total.